The number of nitrogens with zero attached hydrogens (tertiary/aromatic N) is 2. The molecule has 0 amide bonds. The molecule has 0 saturated carbocycles. The Morgan fingerprint density at radius 2 is 1.84 bits per heavy atom. The van der Waals surface area contributed by atoms with Crippen LogP contribution in [0.3, 0.4) is 0 Å². The van der Waals surface area contributed by atoms with E-state index in [2.05, 4.69) is 43.5 Å². The van der Waals surface area contributed by atoms with Crippen LogP contribution < -0.4 is 15.4 Å². The van der Waals surface area contributed by atoms with E-state index < -0.39 is 12.7 Å². The van der Waals surface area contributed by atoms with Crippen molar-refractivity contribution < 1.29 is 18.6 Å². The van der Waals surface area contributed by atoms with Crippen LogP contribution in [0.25, 0.3) is 0 Å². The zero-order valence-electron chi connectivity index (χ0n) is 18.1. The van der Waals surface area contributed by atoms with Crippen molar-refractivity contribution in [2.45, 2.75) is 39.1 Å². The Hall–Kier alpha value is -1.98. The number of hydrogen-bond acceptors (Lipinski definition) is 4. The molecule has 3 N–H and O–H groups in total. The van der Waals surface area contributed by atoms with Gasteiger partial charge in [0, 0.05) is 38.3 Å². The van der Waals surface area contributed by atoms with Crippen LogP contribution in [0.15, 0.2) is 53.5 Å². The molecule has 2 aromatic rings. The number of benzene rings is 2. The van der Waals surface area contributed by atoms with E-state index in [0.29, 0.717) is 31.2 Å². The first-order valence-corrected chi connectivity index (χ1v) is 10.6. The molecular formula is C23H31F2IN4O2. The van der Waals surface area contributed by atoms with E-state index in [0.717, 1.165) is 19.5 Å². The van der Waals surface area contributed by atoms with Gasteiger partial charge < -0.3 is 20.5 Å². The van der Waals surface area contributed by atoms with E-state index in [-0.39, 0.29) is 36.3 Å². The summed E-state index contributed by atoms with van der Waals surface area (Å²) in [6.45, 7) is 2.52. The lowest BCUT2D eigenvalue weighted by Crippen LogP contribution is -2.45. The minimum Gasteiger partial charge on any atom is -0.434 e. The fourth-order valence-electron chi connectivity index (χ4n) is 3.64. The third-order valence-electron chi connectivity index (χ3n) is 5.12. The lowest BCUT2D eigenvalue weighted by Gasteiger charge is -2.30. The number of para-hydroxylation sites is 1. The number of hydrogen-bond donors (Lipinski definition) is 3. The van der Waals surface area contributed by atoms with Gasteiger partial charge in [0.2, 0.25) is 0 Å². The maximum absolute atomic E-state index is 12.6. The number of halogens is 3. The Balaban J connectivity index is 0.00000363. The molecule has 0 spiro atoms. The highest BCUT2D eigenvalue weighted by molar-refractivity contribution is 14.0. The molecule has 1 aliphatic heterocycles. The molecule has 2 aromatic carbocycles. The lowest BCUT2D eigenvalue weighted by atomic mass is 10.00. The van der Waals surface area contributed by atoms with Crippen molar-refractivity contribution in [2.75, 3.05) is 26.2 Å². The normalized spacial score (nSPS) is 15.0. The van der Waals surface area contributed by atoms with Gasteiger partial charge in [-0.15, -0.1) is 24.0 Å². The standard InChI is InChI=1S/C23H30F2N4O2.HI/c1-2-26-23(27-13-18-8-5-6-10-21(18)31-22(24)25)28-14-20(30)16-29-12-11-17-7-3-4-9-19(17)15-29;/h3-10,20,22,30H,2,11-16H2,1H3,(H2,26,27,28);1H. The summed E-state index contributed by atoms with van der Waals surface area (Å²) in [7, 11) is 0. The van der Waals surface area contributed by atoms with E-state index >= 15 is 0 Å². The molecule has 1 aliphatic rings. The highest BCUT2D eigenvalue weighted by atomic mass is 127. The summed E-state index contributed by atoms with van der Waals surface area (Å²) in [6, 6.07) is 15.0. The third-order valence-corrected chi connectivity index (χ3v) is 5.12. The number of aliphatic hydroxyl groups excluding tert-OH is 1. The fraction of sp³-hybridized carbons (Fsp3) is 0.435. The SMILES string of the molecule is CCNC(=NCc1ccccc1OC(F)F)NCC(O)CN1CCc2ccccc2C1.I. The van der Waals surface area contributed by atoms with Gasteiger partial charge in [-0.1, -0.05) is 42.5 Å². The van der Waals surface area contributed by atoms with E-state index in [9.17, 15) is 13.9 Å². The Kier molecular flexibility index (Phi) is 11.1. The molecule has 0 radical (unpaired) electrons. The highest BCUT2D eigenvalue weighted by Gasteiger charge is 2.18. The molecule has 0 saturated heterocycles. The summed E-state index contributed by atoms with van der Waals surface area (Å²) in [5.41, 5.74) is 3.25. The summed E-state index contributed by atoms with van der Waals surface area (Å²) < 4.78 is 29.7. The van der Waals surface area contributed by atoms with E-state index in [1.54, 1.807) is 18.2 Å². The highest BCUT2D eigenvalue weighted by Crippen LogP contribution is 2.21. The van der Waals surface area contributed by atoms with E-state index in [4.69, 9.17) is 0 Å². The predicted octanol–water partition coefficient (Wildman–Crippen LogP) is 3.38. The first-order valence-electron chi connectivity index (χ1n) is 10.6. The van der Waals surface area contributed by atoms with Gasteiger partial charge in [0.15, 0.2) is 5.96 Å². The van der Waals surface area contributed by atoms with Gasteiger partial charge in [-0.05, 0) is 30.5 Å². The number of ether oxygens (including phenoxy) is 1. The van der Waals surface area contributed by atoms with Crippen molar-refractivity contribution >= 4 is 29.9 Å². The van der Waals surface area contributed by atoms with Crippen LogP contribution in [0.1, 0.15) is 23.6 Å². The minimum absolute atomic E-state index is 0. The number of β-amino-alcohol motifs (C(OH)–C–C–N with tert-alkyl or cyclic N) is 1. The molecule has 0 fully saturated rings. The summed E-state index contributed by atoms with van der Waals surface area (Å²) >= 11 is 0. The smallest absolute Gasteiger partial charge is 0.387 e. The van der Waals surface area contributed by atoms with Crippen LogP contribution in [0.5, 0.6) is 5.75 Å². The van der Waals surface area contributed by atoms with E-state index in [1.807, 2.05) is 13.0 Å². The third kappa shape index (κ3) is 8.18. The van der Waals surface area contributed by atoms with Gasteiger partial charge in [-0.25, -0.2) is 4.99 Å². The van der Waals surface area contributed by atoms with Gasteiger partial charge in [0.1, 0.15) is 5.75 Å². The van der Waals surface area contributed by atoms with Crippen molar-refractivity contribution in [3.8, 4) is 5.75 Å². The average Bonchev–Trinajstić information content (AvgIpc) is 2.76. The maximum Gasteiger partial charge on any atom is 0.387 e. The molecule has 9 heteroatoms. The summed E-state index contributed by atoms with van der Waals surface area (Å²) in [5, 5.41) is 16.7. The molecule has 3 rings (SSSR count). The Labute approximate surface area is 205 Å². The topological polar surface area (TPSA) is 69.1 Å². The Morgan fingerprint density at radius 1 is 1.12 bits per heavy atom. The van der Waals surface area contributed by atoms with E-state index in [1.165, 1.54) is 17.2 Å². The number of alkyl halides is 2. The van der Waals surface area contributed by atoms with Crippen LogP contribution in [0, 0.1) is 0 Å². The van der Waals surface area contributed by atoms with Gasteiger partial charge in [0.05, 0.1) is 12.6 Å². The number of nitrogens with one attached hydrogen (secondary N) is 2. The summed E-state index contributed by atoms with van der Waals surface area (Å²) in [6.07, 6.45) is 0.420. The van der Waals surface area contributed by atoms with Gasteiger partial charge >= 0.3 is 6.61 Å². The zero-order valence-corrected chi connectivity index (χ0v) is 20.5. The van der Waals surface area contributed by atoms with Crippen LogP contribution in [0.4, 0.5) is 8.78 Å². The molecule has 176 valence electrons. The van der Waals surface area contributed by atoms with Crippen LogP contribution in [-0.4, -0.2) is 54.9 Å². The molecular weight excluding hydrogens is 529 g/mol. The van der Waals surface area contributed by atoms with Gasteiger partial charge in [-0.3, -0.25) is 4.90 Å². The molecule has 0 aliphatic carbocycles. The summed E-state index contributed by atoms with van der Waals surface area (Å²) in [5.74, 6) is 0.625. The monoisotopic (exact) mass is 560 g/mol. The molecule has 32 heavy (non-hydrogen) atoms. The molecule has 1 heterocycles. The summed E-state index contributed by atoms with van der Waals surface area (Å²) in [4.78, 5) is 6.69. The number of aliphatic hydroxyl groups is 1. The van der Waals surface area contributed by atoms with Gasteiger partial charge in [-0.2, -0.15) is 8.78 Å². The maximum atomic E-state index is 12.6. The van der Waals surface area contributed by atoms with Crippen molar-refractivity contribution in [1.29, 1.82) is 0 Å². The number of rotatable bonds is 9. The fourth-order valence-corrected chi connectivity index (χ4v) is 3.64. The van der Waals surface area contributed by atoms with Crippen LogP contribution >= 0.6 is 24.0 Å². The van der Waals surface area contributed by atoms with Crippen molar-refractivity contribution in [1.82, 2.24) is 15.5 Å². The number of fused-ring (bicyclic) bond motifs is 1. The number of guanidine groups is 1. The zero-order chi connectivity index (χ0) is 22.1. The van der Waals surface area contributed by atoms with Crippen molar-refractivity contribution in [3.05, 3.63) is 65.2 Å². The van der Waals surface area contributed by atoms with Crippen LogP contribution in [-0.2, 0) is 19.5 Å². The molecule has 6 nitrogen and oxygen atoms in total. The van der Waals surface area contributed by atoms with Gasteiger partial charge in [0.25, 0.3) is 0 Å². The quantitative estimate of drug-likeness (QED) is 0.250. The average molecular weight is 560 g/mol. The Morgan fingerprint density at radius 3 is 2.59 bits per heavy atom. The minimum atomic E-state index is -2.88. The molecule has 1 unspecified atom stereocenters. The molecule has 0 aromatic heterocycles. The first kappa shape index (κ1) is 26.3. The first-order chi connectivity index (χ1) is 15.0. The second-order valence-electron chi connectivity index (χ2n) is 7.47. The molecule has 1 atom stereocenters. The number of aliphatic imine (C=N–C) groups is 1. The molecule has 0 bridgehead atoms. The van der Waals surface area contributed by atoms with Crippen molar-refractivity contribution in [2.24, 2.45) is 4.99 Å². The predicted molar refractivity (Wildman–Crippen MR) is 133 cm³/mol. The largest absolute Gasteiger partial charge is 0.434 e. The Bertz CT molecular complexity index is 869. The van der Waals surface area contributed by atoms with Crippen LogP contribution in [0.2, 0.25) is 0 Å². The second-order valence-corrected chi connectivity index (χ2v) is 7.47. The lowest BCUT2D eigenvalue weighted by molar-refractivity contribution is -0.0504. The second kappa shape index (κ2) is 13.5. The van der Waals surface area contributed by atoms with Crippen molar-refractivity contribution in [3.63, 3.8) is 0 Å².